The molecule has 0 bridgehead atoms. The van der Waals surface area contributed by atoms with Crippen molar-refractivity contribution >= 4 is 29.2 Å². The first kappa shape index (κ1) is 16.8. The molecule has 120 valence electrons. The fraction of sp³-hybridized carbons (Fsp3) is 0.176. The number of hydrazone groups is 1. The van der Waals surface area contributed by atoms with Crippen LogP contribution in [0.3, 0.4) is 0 Å². The molecule has 2 aromatic carbocycles. The van der Waals surface area contributed by atoms with E-state index in [0.29, 0.717) is 23.2 Å². The number of thiocarbonyl (C=S) groups is 1. The normalized spacial score (nSPS) is 10.3. The van der Waals surface area contributed by atoms with Crippen molar-refractivity contribution in [2.24, 2.45) is 5.10 Å². The Morgan fingerprint density at radius 1 is 1.17 bits per heavy atom. The third-order valence-corrected chi connectivity index (χ3v) is 3.09. The first-order chi connectivity index (χ1) is 11.2. The molecule has 0 fully saturated rings. The van der Waals surface area contributed by atoms with E-state index in [1.54, 1.807) is 13.3 Å². The Morgan fingerprint density at radius 3 is 2.65 bits per heavy atom. The summed E-state index contributed by atoms with van der Waals surface area (Å²) in [5.41, 5.74) is 4.56. The molecule has 0 aliphatic rings. The van der Waals surface area contributed by atoms with Gasteiger partial charge in [0, 0.05) is 5.69 Å². The Balaban J connectivity index is 1.93. The number of ether oxygens (including phenoxy) is 2. The minimum Gasteiger partial charge on any atom is -0.493 e. The highest BCUT2D eigenvalue weighted by Crippen LogP contribution is 2.27. The fourth-order valence-electron chi connectivity index (χ4n) is 1.89. The second-order valence-electron chi connectivity index (χ2n) is 4.53. The van der Waals surface area contributed by atoms with Gasteiger partial charge in [0.2, 0.25) is 0 Å². The molecule has 0 aliphatic carbocycles. The zero-order chi connectivity index (χ0) is 16.5. The SMILES string of the molecule is CCOc1ccc(/C=N\NC(=S)Nc2ccccc2)cc1OC. The lowest BCUT2D eigenvalue weighted by atomic mass is 10.2. The number of hydrogen-bond acceptors (Lipinski definition) is 4. The highest BCUT2D eigenvalue weighted by molar-refractivity contribution is 7.80. The van der Waals surface area contributed by atoms with Crippen LogP contribution in [0.5, 0.6) is 11.5 Å². The highest BCUT2D eigenvalue weighted by atomic mass is 32.1. The molecule has 0 saturated heterocycles. The number of para-hydroxylation sites is 1. The van der Waals surface area contributed by atoms with Crippen molar-refractivity contribution in [3.8, 4) is 11.5 Å². The maximum Gasteiger partial charge on any atom is 0.191 e. The van der Waals surface area contributed by atoms with Crippen LogP contribution in [0.15, 0.2) is 53.6 Å². The fourth-order valence-corrected chi connectivity index (χ4v) is 2.06. The molecule has 0 saturated carbocycles. The molecule has 5 nitrogen and oxygen atoms in total. The van der Waals surface area contributed by atoms with E-state index in [4.69, 9.17) is 21.7 Å². The number of anilines is 1. The molecule has 2 aromatic rings. The molecule has 0 unspecified atom stereocenters. The molecule has 23 heavy (non-hydrogen) atoms. The maximum absolute atomic E-state index is 5.48. The standard InChI is InChI=1S/C17H19N3O2S/c1-3-22-15-10-9-13(11-16(15)21-2)12-18-20-17(23)19-14-7-5-4-6-8-14/h4-12H,3H2,1-2H3,(H2,19,20,23)/b18-12-. The van der Waals surface area contributed by atoms with Crippen LogP contribution < -0.4 is 20.2 Å². The van der Waals surface area contributed by atoms with Gasteiger partial charge in [0.1, 0.15) is 0 Å². The Morgan fingerprint density at radius 2 is 1.96 bits per heavy atom. The first-order valence-electron chi connectivity index (χ1n) is 7.19. The smallest absolute Gasteiger partial charge is 0.191 e. The number of methoxy groups -OCH3 is 1. The summed E-state index contributed by atoms with van der Waals surface area (Å²) in [6.07, 6.45) is 1.66. The number of benzene rings is 2. The van der Waals surface area contributed by atoms with Crippen LogP contribution in [-0.2, 0) is 0 Å². The van der Waals surface area contributed by atoms with E-state index >= 15 is 0 Å². The molecule has 0 radical (unpaired) electrons. The van der Waals surface area contributed by atoms with E-state index in [1.807, 2.05) is 55.5 Å². The van der Waals surface area contributed by atoms with Gasteiger partial charge in [0.15, 0.2) is 16.6 Å². The average Bonchev–Trinajstić information content (AvgIpc) is 2.57. The third-order valence-electron chi connectivity index (χ3n) is 2.90. The lowest BCUT2D eigenvalue weighted by Crippen LogP contribution is -2.23. The topological polar surface area (TPSA) is 54.9 Å². The largest absolute Gasteiger partial charge is 0.493 e. The van der Waals surface area contributed by atoms with Gasteiger partial charge in [-0.05, 0) is 55.0 Å². The summed E-state index contributed by atoms with van der Waals surface area (Å²) < 4.78 is 10.8. The van der Waals surface area contributed by atoms with E-state index in [9.17, 15) is 0 Å². The molecule has 6 heteroatoms. The Hall–Kier alpha value is -2.60. The van der Waals surface area contributed by atoms with Crippen molar-refractivity contribution in [2.75, 3.05) is 19.0 Å². The van der Waals surface area contributed by atoms with Crippen LogP contribution in [0.25, 0.3) is 0 Å². The van der Waals surface area contributed by atoms with E-state index in [-0.39, 0.29) is 0 Å². The lowest BCUT2D eigenvalue weighted by Gasteiger charge is -2.09. The monoisotopic (exact) mass is 329 g/mol. The van der Waals surface area contributed by atoms with E-state index in [1.165, 1.54) is 0 Å². The predicted octanol–water partition coefficient (Wildman–Crippen LogP) is 3.41. The van der Waals surface area contributed by atoms with Crippen molar-refractivity contribution < 1.29 is 9.47 Å². The van der Waals surface area contributed by atoms with Gasteiger partial charge >= 0.3 is 0 Å². The lowest BCUT2D eigenvalue weighted by molar-refractivity contribution is 0.311. The minimum absolute atomic E-state index is 0.422. The van der Waals surface area contributed by atoms with Crippen molar-refractivity contribution in [1.29, 1.82) is 0 Å². The van der Waals surface area contributed by atoms with Crippen LogP contribution in [0.2, 0.25) is 0 Å². The zero-order valence-corrected chi connectivity index (χ0v) is 13.9. The van der Waals surface area contributed by atoms with Gasteiger partial charge < -0.3 is 14.8 Å². The summed E-state index contributed by atoms with van der Waals surface area (Å²) in [6, 6.07) is 15.3. The van der Waals surface area contributed by atoms with Crippen molar-refractivity contribution in [1.82, 2.24) is 5.43 Å². The predicted molar refractivity (Wildman–Crippen MR) is 97.6 cm³/mol. The van der Waals surface area contributed by atoms with E-state index in [0.717, 1.165) is 11.3 Å². The highest BCUT2D eigenvalue weighted by Gasteiger charge is 2.04. The van der Waals surface area contributed by atoms with Gasteiger partial charge in [0.05, 0.1) is 19.9 Å². The molecule has 0 spiro atoms. The molecule has 0 aromatic heterocycles. The van der Waals surface area contributed by atoms with Crippen LogP contribution in [0, 0.1) is 0 Å². The number of rotatable bonds is 6. The third kappa shape index (κ3) is 5.27. The van der Waals surface area contributed by atoms with Crippen molar-refractivity contribution in [3.05, 3.63) is 54.1 Å². The van der Waals surface area contributed by atoms with Gasteiger partial charge in [-0.3, -0.25) is 5.43 Å². The van der Waals surface area contributed by atoms with Crippen LogP contribution in [-0.4, -0.2) is 25.0 Å². The molecule has 2 rings (SSSR count). The summed E-state index contributed by atoms with van der Waals surface area (Å²) in [5, 5.41) is 7.57. The van der Waals surface area contributed by atoms with Crippen LogP contribution in [0.1, 0.15) is 12.5 Å². The Labute approximate surface area is 141 Å². The molecular formula is C17H19N3O2S. The first-order valence-corrected chi connectivity index (χ1v) is 7.59. The van der Waals surface area contributed by atoms with Crippen LogP contribution >= 0.6 is 12.2 Å². The molecule has 2 N–H and O–H groups in total. The average molecular weight is 329 g/mol. The van der Waals surface area contributed by atoms with E-state index in [2.05, 4.69) is 15.8 Å². The quantitative estimate of drug-likeness (QED) is 0.483. The molecule has 0 heterocycles. The molecule has 0 aliphatic heterocycles. The van der Waals surface area contributed by atoms with Gasteiger partial charge in [-0.25, -0.2) is 0 Å². The summed E-state index contributed by atoms with van der Waals surface area (Å²) in [4.78, 5) is 0. The van der Waals surface area contributed by atoms with Crippen LogP contribution in [0.4, 0.5) is 5.69 Å². The van der Waals surface area contributed by atoms with Crippen molar-refractivity contribution in [3.63, 3.8) is 0 Å². The Kier molecular flexibility index (Phi) is 6.38. The second kappa shape index (κ2) is 8.75. The van der Waals surface area contributed by atoms with Gasteiger partial charge in [-0.2, -0.15) is 5.10 Å². The molecular weight excluding hydrogens is 310 g/mol. The summed E-state index contributed by atoms with van der Waals surface area (Å²) in [5.74, 6) is 1.38. The second-order valence-corrected chi connectivity index (χ2v) is 4.94. The van der Waals surface area contributed by atoms with Crippen molar-refractivity contribution in [2.45, 2.75) is 6.92 Å². The summed E-state index contributed by atoms with van der Waals surface area (Å²) >= 11 is 5.17. The summed E-state index contributed by atoms with van der Waals surface area (Å²) in [7, 11) is 1.61. The summed E-state index contributed by atoms with van der Waals surface area (Å²) in [6.45, 7) is 2.52. The number of nitrogens with zero attached hydrogens (tertiary/aromatic N) is 1. The molecule has 0 amide bonds. The van der Waals surface area contributed by atoms with Gasteiger partial charge in [-0.15, -0.1) is 0 Å². The van der Waals surface area contributed by atoms with Gasteiger partial charge in [0.25, 0.3) is 0 Å². The van der Waals surface area contributed by atoms with E-state index < -0.39 is 0 Å². The molecule has 0 atom stereocenters. The number of hydrogen-bond donors (Lipinski definition) is 2. The number of nitrogens with one attached hydrogen (secondary N) is 2. The van der Waals surface area contributed by atoms with Gasteiger partial charge in [-0.1, -0.05) is 18.2 Å². The minimum atomic E-state index is 0.422. The zero-order valence-electron chi connectivity index (χ0n) is 13.1. The maximum atomic E-state index is 5.48. The Bertz CT molecular complexity index is 675.